The highest BCUT2D eigenvalue weighted by atomic mass is 79.9. The van der Waals surface area contributed by atoms with E-state index in [0.717, 1.165) is 21.7 Å². The van der Waals surface area contributed by atoms with Gasteiger partial charge in [0.05, 0.1) is 6.54 Å². The van der Waals surface area contributed by atoms with Crippen molar-refractivity contribution in [1.29, 1.82) is 0 Å². The third kappa shape index (κ3) is 2.15. The Labute approximate surface area is 110 Å². The van der Waals surface area contributed by atoms with Crippen LogP contribution in [0.3, 0.4) is 0 Å². The van der Waals surface area contributed by atoms with Crippen LogP contribution in [0, 0.1) is 20.8 Å². The number of imidazole rings is 1. The lowest BCUT2D eigenvalue weighted by atomic mass is 9.97. The molecule has 2 aromatic rings. The minimum absolute atomic E-state index is 0.419. The van der Waals surface area contributed by atoms with Crippen LogP contribution in [-0.4, -0.2) is 9.97 Å². The molecule has 0 unspecified atom stereocenters. The van der Waals surface area contributed by atoms with Crippen LogP contribution in [0.15, 0.2) is 16.7 Å². The fourth-order valence-electron chi connectivity index (χ4n) is 1.89. The number of aryl methyl sites for hydroxylation is 1. The molecule has 1 aromatic carbocycles. The summed E-state index contributed by atoms with van der Waals surface area (Å²) in [7, 11) is 0. The Morgan fingerprint density at radius 1 is 1.24 bits per heavy atom. The lowest BCUT2D eigenvalue weighted by molar-refractivity contribution is 0.947. The molecule has 1 heterocycles. The van der Waals surface area contributed by atoms with Gasteiger partial charge >= 0.3 is 0 Å². The minimum atomic E-state index is 0.419. The zero-order valence-corrected chi connectivity index (χ0v) is 11.9. The predicted octanol–water partition coefficient (Wildman–Crippen LogP) is 3.22. The number of nitrogens with two attached hydrogens (primary N) is 1. The van der Waals surface area contributed by atoms with Crippen LogP contribution in [0.2, 0.25) is 0 Å². The van der Waals surface area contributed by atoms with Gasteiger partial charge in [-0.1, -0.05) is 12.1 Å². The Hall–Kier alpha value is -1.13. The number of hydrogen-bond donors (Lipinski definition) is 2. The van der Waals surface area contributed by atoms with Gasteiger partial charge in [0.2, 0.25) is 0 Å². The second kappa shape index (κ2) is 4.63. The highest BCUT2D eigenvalue weighted by molar-refractivity contribution is 9.10. The number of rotatable bonds is 2. The summed E-state index contributed by atoms with van der Waals surface area (Å²) in [5.74, 6) is 0.796. The van der Waals surface area contributed by atoms with Crippen molar-refractivity contribution in [2.75, 3.05) is 0 Å². The van der Waals surface area contributed by atoms with Gasteiger partial charge in [0, 0.05) is 5.56 Å². The van der Waals surface area contributed by atoms with E-state index in [1.165, 1.54) is 16.7 Å². The maximum Gasteiger partial charge on any atom is 0.121 e. The summed E-state index contributed by atoms with van der Waals surface area (Å²) in [6.45, 7) is 6.80. The fraction of sp³-hybridized carbons (Fsp3) is 0.308. The number of hydrogen-bond acceptors (Lipinski definition) is 2. The van der Waals surface area contributed by atoms with E-state index in [1.54, 1.807) is 0 Å². The van der Waals surface area contributed by atoms with Gasteiger partial charge in [-0.15, -0.1) is 0 Å². The molecule has 90 valence electrons. The Kier molecular flexibility index (Phi) is 3.35. The average molecular weight is 294 g/mol. The van der Waals surface area contributed by atoms with Gasteiger partial charge in [-0.3, -0.25) is 0 Å². The van der Waals surface area contributed by atoms with Crippen molar-refractivity contribution in [1.82, 2.24) is 9.97 Å². The maximum absolute atomic E-state index is 5.59. The van der Waals surface area contributed by atoms with E-state index >= 15 is 0 Å². The zero-order chi connectivity index (χ0) is 12.6. The molecule has 0 aliphatic heterocycles. The van der Waals surface area contributed by atoms with E-state index in [0.29, 0.717) is 6.54 Å². The molecular formula is C13H16BrN3. The van der Waals surface area contributed by atoms with Crippen molar-refractivity contribution < 1.29 is 0 Å². The highest BCUT2D eigenvalue weighted by Crippen LogP contribution is 2.31. The van der Waals surface area contributed by atoms with E-state index in [2.05, 4.69) is 58.8 Å². The van der Waals surface area contributed by atoms with Gasteiger partial charge in [-0.05, 0) is 53.4 Å². The molecule has 2 rings (SSSR count). The summed E-state index contributed by atoms with van der Waals surface area (Å²) in [5.41, 5.74) is 11.6. The van der Waals surface area contributed by atoms with Gasteiger partial charge in [0.1, 0.15) is 16.1 Å². The first-order chi connectivity index (χ1) is 8.04. The summed E-state index contributed by atoms with van der Waals surface area (Å²) in [6, 6.07) is 4.24. The quantitative estimate of drug-likeness (QED) is 0.893. The summed E-state index contributed by atoms with van der Waals surface area (Å²) in [4.78, 5) is 7.64. The molecular weight excluding hydrogens is 278 g/mol. The van der Waals surface area contributed by atoms with Crippen molar-refractivity contribution in [2.24, 2.45) is 5.73 Å². The monoisotopic (exact) mass is 293 g/mol. The second-order valence-electron chi connectivity index (χ2n) is 4.23. The first-order valence-electron chi connectivity index (χ1n) is 5.56. The highest BCUT2D eigenvalue weighted by Gasteiger charge is 2.13. The predicted molar refractivity (Wildman–Crippen MR) is 73.8 cm³/mol. The number of nitrogens with one attached hydrogen (secondary N) is 1. The van der Waals surface area contributed by atoms with E-state index in [-0.39, 0.29) is 0 Å². The summed E-state index contributed by atoms with van der Waals surface area (Å²) in [5, 5.41) is 0. The van der Waals surface area contributed by atoms with Crippen LogP contribution in [0.5, 0.6) is 0 Å². The summed E-state index contributed by atoms with van der Waals surface area (Å²) in [6.07, 6.45) is 0. The molecule has 17 heavy (non-hydrogen) atoms. The smallest absolute Gasteiger partial charge is 0.121 e. The number of aromatic nitrogens is 2. The number of halogens is 1. The molecule has 0 aliphatic carbocycles. The van der Waals surface area contributed by atoms with Gasteiger partial charge < -0.3 is 10.7 Å². The first-order valence-corrected chi connectivity index (χ1v) is 6.35. The van der Waals surface area contributed by atoms with Gasteiger partial charge in [-0.25, -0.2) is 4.98 Å². The maximum atomic E-state index is 5.59. The van der Waals surface area contributed by atoms with E-state index in [4.69, 9.17) is 5.73 Å². The largest absolute Gasteiger partial charge is 0.335 e. The Morgan fingerprint density at radius 3 is 2.53 bits per heavy atom. The molecule has 0 radical (unpaired) electrons. The Morgan fingerprint density at radius 2 is 1.94 bits per heavy atom. The van der Waals surface area contributed by atoms with Gasteiger partial charge in [0.15, 0.2) is 0 Å². The molecule has 1 aromatic heterocycles. The summed E-state index contributed by atoms with van der Waals surface area (Å²) >= 11 is 3.50. The number of H-pyrrole nitrogens is 1. The van der Waals surface area contributed by atoms with Crippen LogP contribution in [-0.2, 0) is 6.54 Å². The number of nitrogens with zero attached hydrogens (tertiary/aromatic N) is 1. The molecule has 0 saturated carbocycles. The topological polar surface area (TPSA) is 54.7 Å². The average Bonchev–Trinajstić information content (AvgIpc) is 2.68. The third-order valence-corrected chi connectivity index (χ3v) is 3.79. The third-order valence-electron chi connectivity index (χ3n) is 3.22. The van der Waals surface area contributed by atoms with Crippen LogP contribution >= 0.6 is 15.9 Å². The molecule has 3 nitrogen and oxygen atoms in total. The number of aromatic amines is 1. The molecule has 0 spiro atoms. The lowest BCUT2D eigenvalue weighted by Gasteiger charge is -2.09. The molecule has 4 heteroatoms. The van der Waals surface area contributed by atoms with Crippen molar-refractivity contribution in [3.8, 4) is 11.3 Å². The van der Waals surface area contributed by atoms with Crippen LogP contribution < -0.4 is 5.73 Å². The summed E-state index contributed by atoms with van der Waals surface area (Å²) < 4.78 is 0.893. The normalized spacial score (nSPS) is 10.9. The number of benzene rings is 1. The molecule has 0 saturated heterocycles. The standard InChI is InChI=1S/C13H16BrN3/c1-7-4-5-10(9(3)8(7)2)12-13(14)17-11(6-15)16-12/h4-5H,6,15H2,1-3H3,(H,16,17). The lowest BCUT2D eigenvalue weighted by Crippen LogP contribution is -1.98. The molecule has 0 aliphatic rings. The Balaban J connectivity index is 2.60. The fourth-order valence-corrected chi connectivity index (χ4v) is 2.42. The minimum Gasteiger partial charge on any atom is -0.335 e. The van der Waals surface area contributed by atoms with Crippen LogP contribution in [0.1, 0.15) is 22.5 Å². The van der Waals surface area contributed by atoms with E-state index in [1.807, 2.05) is 0 Å². The van der Waals surface area contributed by atoms with Crippen molar-refractivity contribution >= 4 is 15.9 Å². The first kappa shape index (κ1) is 12.3. The van der Waals surface area contributed by atoms with Crippen molar-refractivity contribution in [3.05, 3.63) is 39.3 Å². The van der Waals surface area contributed by atoms with Crippen molar-refractivity contribution in [2.45, 2.75) is 27.3 Å². The molecule has 0 bridgehead atoms. The van der Waals surface area contributed by atoms with Crippen LogP contribution in [0.4, 0.5) is 0 Å². The van der Waals surface area contributed by atoms with Gasteiger partial charge in [0.25, 0.3) is 0 Å². The SMILES string of the molecule is Cc1ccc(-c2nc(CN)[nH]c2Br)c(C)c1C. The van der Waals surface area contributed by atoms with E-state index in [9.17, 15) is 0 Å². The van der Waals surface area contributed by atoms with Crippen molar-refractivity contribution in [3.63, 3.8) is 0 Å². The molecule has 3 N–H and O–H groups in total. The van der Waals surface area contributed by atoms with Gasteiger partial charge in [-0.2, -0.15) is 0 Å². The zero-order valence-electron chi connectivity index (χ0n) is 10.3. The molecule has 0 atom stereocenters. The second-order valence-corrected chi connectivity index (χ2v) is 5.02. The van der Waals surface area contributed by atoms with E-state index < -0.39 is 0 Å². The molecule has 0 fully saturated rings. The van der Waals surface area contributed by atoms with Crippen LogP contribution in [0.25, 0.3) is 11.3 Å². The Bertz CT molecular complexity index is 558. The molecule has 0 amide bonds.